The summed E-state index contributed by atoms with van der Waals surface area (Å²) in [5.74, 6) is -0.814. The SMILES string of the molecule is Cn1c(-c2cn(CC(F)F)nc2C(F)(F)F)cnc1C(=O)Nc1ccc(C(=O)NC2C3CN(C(=O)C4CCNCC4)CC32)c(Cl)c1.O=CO. The van der Waals surface area contributed by atoms with E-state index >= 15 is 0 Å². The Hall–Kier alpha value is -4.58. The maximum atomic E-state index is 13.6. The van der Waals surface area contributed by atoms with Crippen LogP contribution in [0.1, 0.15) is 39.5 Å². The Morgan fingerprint density at radius 1 is 1.14 bits per heavy atom. The Balaban J connectivity index is 0.00000151. The largest absolute Gasteiger partial charge is 0.483 e. The standard InChI is InChI=1S/C29H30ClF5N8O3.CH2O2/c1-41-21(19-12-43(13-22(31)32)40-24(19)29(33,34)35)9-37-25(41)27(45)38-15-2-3-16(20(30)8-15)26(44)39-23-17-10-42(11-18(17)23)28(46)14-4-6-36-7-5-14;2-1-3/h2-3,8-9,12,14,17-18,22-23,36H,4-7,10-11,13H2,1H3,(H,38,45)(H,39,44);1H,(H,2,3). The van der Waals surface area contributed by atoms with Gasteiger partial charge in [0.25, 0.3) is 24.7 Å². The third-order valence-corrected chi connectivity index (χ3v) is 9.10. The van der Waals surface area contributed by atoms with Gasteiger partial charge in [-0.05, 0) is 44.1 Å². The third-order valence-electron chi connectivity index (χ3n) is 8.79. The summed E-state index contributed by atoms with van der Waals surface area (Å²) in [5.41, 5.74) is -1.67. The number of carbonyl (C=O) groups is 4. The second kappa shape index (κ2) is 14.5. The number of anilines is 1. The van der Waals surface area contributed by atoms with E-state index in [-0.39, 0.29) is 69.9 Å². The molecular weight excluding hydrogens is 683 g/mol. The van der Waals surface area contributed by atoms with Crippen LogP contribution in [0.25, 0.3) is 11.3 Å². The van der Waals surface area contributed by atoms with Crippen molar-refractivity contribution in [2.75, 3.05) is 31.5 Å². The first-order valence-electron chi connectivity index (χ1n) is 15.2. The molecule has 2 unspecified atom stereocenters. The number of alkyl halides is 5. The highest BCUT2D eigenvalue weighted by Gasteiger charge is 2.57. The number of nitrogens with zero attached hydrogens (tertiary/aromatic N) is 5. The fraction of sp³-hybridized carbons (Fsp3) is 0.467. The first-order chi connectivity index (χ1) is 23.2. The average Bonchev–Trinajstić information content (AvgIpc) is 3.45. The summed E-state index contributed by atoms with van der Waals surface area (Å²) in [6, 6.07) is 4.20. The number of benzene rings is 1. The fourth-order valence-corrected chi connectivity index (χ4v) is 6.63. The van der Waals surface area contributed by atoms with Gasteiger partial charge in [-0.15, -0.1) is 0 Å². The van der Waals surface area contributed by atoms with Crippen LogP contribution in [0.5, 0.6) is 0 Å². The van der Waals surface area contributed by atoms with E-state index in [1.807, 2.05) is 4.90 Å². The van der Waals surface area contributed by atoms with Crippen LogP contribution in [-0.2, 0) is 29.4 Å². The Kier molecular flexibility index (Phi) is 10.6. The molecule has 13 nitrogen and oxygen atoms in total. The maximum absolute atomic E-state index is 13.6. The van der Waals surface area contributed by atoms with Crippen LogP contribution in [-0.4, -0.2) is 92.2 Å². The minimum Gasteiger partial charge on any atom is -0.483 e. The van der Waals surface area contributed by atoms with Gasteiger partial charge >= 0.3 is 6.18 Å². The van der Waals surface area contributed by atoms with E-state index in [4.69, 9.17) is 21.5 Å². The van der Waals surface area contributed by atoms with E-state index in [1.165, 1.54) is 25.2 Å². The number of rotatable bonds is 8. The number of nitrogens with one attached hydrogen (secondary N) is 3. The summed E-state index contributed by atoms with van der Waals surface area (Å²) in [7, 11) is 1.30. The molecule has 6 rings (SSSR count). The average molecular weight is 715 g/mol. The molecular formula is C30H32ClF5N8O5. The number of fused-ring (bicyclic) bond motifs is 1. The van der Waals surface area contributed by atoms with Gasteiger partial charge < -0.3 is 30.5 Å². The lowest BCUT2D eigenvalue weighted by atomic mass is 9.96. The monoisotopic (exact) mass is 714 g/mol. The van der Waals surface area contributed by atoms with Crippen molar-refractivity contribution in [3.05, 3.63) is 52.7 Å². The van der Waals surface area contributed by atoms with Crippen LogP contribution in [0.4, 0.5) is 27.6 Å². The highest BCUT2D eigenvalue weighted by atomic mass is 35.5. The molecule has 0 spiro atoms. The summed E-state index contributed by atoms with van der Waals surface area (Å²) in [6.45, 7) is 1.62. The molecule has 0 radical (unpaired) electrons. The lowest BCUT2D eigenvalue weighted by molar-refractivity contribution is -0.141. The minimum absolute atomic E-state index is 0.0523. The van der Waals surface area contributed by atoms with Crippen molar-refractivity contribution < 1.29 is 46.2 Å². The van der Waals surface area contributed by atoms with Gasteiger partial charge in [-0.2, -0.15) is 18.3 Å². The van der Waals surface area contributed by atoms with E-state index in [0.29, 0.717) is 17.8 Å². The van der Waals surface area contributed by atoms with Crippen LogP contribution in [0.15, 0.2) is 30.6 Å². The van der Waals surface area contributed by atoms with Gasteiger partial charge in [0.1, 0.15) is 6.54 Å². The quantitative estimate of drug-likeness (QED) is 0.204. The van der Waals surface area contributed by atoms with Gasteiger partial charge in [-0.3, -0.25) is 23.9 Å². The number of hydrogen-bond donors (Lipinski definition) is 4. The number of hydrogen-bond acceptors (Lipinski definition) is 7. The molecule has 3 aromatic rings. The molecule has 3 amide bonds. The molecule has 4 N–H and O–H groups in total. The van der Waals surface area contributed by atoms with Crippen molar-refractivity contribution in [3.8, 4) is 11.3 Å². The summed E-state index contributed by atoms with van der Waals surface area (Å²) < 4.78 is 68.0. The van der Waals surface area contributed by atoms with Gasteiger partial charge in [0.05, 0.1) is 28.0 Å². The number of amides is 3. The van der Waals surface area contributed by atoms with Crippen molar-refractivity contribution >= 4 is 41.5 Å². The summed E-state index contributed by atoms with van der Waals surface area (Å²) in [5, 5.41) is 19.0. The number of piperidine rings is 2. The van der Waals surface area contributed by atoms with Gasteiger partial charge in [0.2, 0.25) is 5.91 Å². The molecule has 2 atom stereocenters. The van der Waals surface area contributed by atoms with E-state index in [0.717, 1.165) is 42.9 Å². The molecule has 0 bridgehead atoms. The van der Waals surface area contributed by atoms with Crippen LogP contribution in [0, 0.1) is 17.8 Å². The summed E-state index contributed by atoms with van der Waals surface area (Å²) >= 11 is 6.38. The molecule has 1 aromatic carbocycles. The van der Waals surface area contributed by atoms with Crippen molar-refractivity contribution in [3.63, 3.8) is 0 Å². The molecule has 3 aliphatic rings. The van der Waals surface area contributed by atoms with Crippen molar-refractivity contribution in [2.24, 2.45) is 24.8 Å². The molecule has 4 heterocycles. The highest BCUT2D eigenvalue weighted by molar-refractivity contribution is 6.34. The first kappa shape index (κ1) is 35.7. The van der Waals surface area contributed by atoms with Gasteiger partial charge in [-0.25, -0.2) is 13.8 Å². The second-order valence-electron chi connectivity index (χ2n) is 11.9. The molecule has 3 fully saturated rings. The smallest absolute Gasteiger partial charge is 0.435 e. The highest BCUT2D eigenvalue weighted by Crippen LogP contribution is 2.46. The van der Waals surface area contributed by atoms with Crippen molar-refractivity contribution in [2.45, 2.75) is 38.0 Å². The van der Waals surface area contributed by atoms with Crippen LogP contribution in [0.3, 0.4) is 0 Å². The number of aromatic nitrogens is 4. The lowest BCUT2D eigenvalue weighted by Gasteiger charge is -2.28. The van der Waals surface area contributed by atoms with E-state index in [2.05, 4.69) is 26.0 Å². The van der Waals surface area contributed by atoms with E-state index in [1.54, 1.807) is 0 Å². The topological polar surface area (TPSA) is 163 Å². The number of likely N-dealkylation sites (tertiary alicyclic amines) is 1. The van der Waals surface area contributed by atoms with E-state index in [9.17, 15) is 36.3 Å². The molecule has 1 aliphatic carbocycles. The number of halogens is 6. The summed E-state index contributed by atoms with van der Waals surface area (Å²) in [6.07, 6.45) is -4.34. The van der Waals surface area contributed by atoms with Gasteiger partial charge in [0.15, 0.2) is 11.5 Å². The Labute approximate surface area is 280 Å². The van der Waals surface area contributed by atoms with Crippen molar-refractivity contribution in [1.82, 2.24) is 34.9 Å². The zero-order chi connectivity index (χ0) is 35.6. The molecule has 2 aliphatic heterocycles. The lowest BCUT2D eigenvalue weighted by Crippen LogP contribution is -2.43. The summed E-state index contributed by atoms with van der Waals surface area (Å²) in [4.78, 5) is 53.0. The fourth-order valence-electron chi connectivity index (χ4n) is 6.36. The molecule has 2 saturated heterocycles. The predicted octanol–water partition coefficient (Wildman–Crippen LogP) is 3.36. The zero-order valence-corrected chi connectivity index (χ0v) is 26.6. The van der Waals surface area contributed by atoms with Gasteiger partial charge in [-0.1, -0.05) is 11.6 Å². The minimum atomic E-state index is -4.94. The third kappa shape index (κ3) is 7.85. The Morgan fingerprint density at radius 2 is 1.80 bits per heavy atom. The van der Waals surface area contributed by atoms with Crippen LogP contribution < -0.4 is 16.0 Å². The maximum Gasteiger partial charge on any atom is 0.435 e. The number of carboxylic acid groups (broad SMARTS) is 1. The molecule has 19 heteroatoms. The molecule has 2 aromatic heterocycles. The molecule has 264 valence electrons. The molecule has 1 saturated carbocycles. The normalized spacial score (nSPS) is 20.3. The zero-order valence-electron chi connectivity index (χ0n) is 25.9. The Morgan fingerprint density at radius 3 is 2.39 bits per heavy atom. The van der Waals surface area contributed by atoms with Gasteiger partial charge in [0, 0.05) is 55.8 Å². The first-order valence-corrected chi connectivity index (χ1v) is 15.5. The van der Waals surface area contributed by atoms with Crippen LogP contribution in [0.2, 0.25) is 5.02 Å². The Bertz CT molecular complexity index is 1710. The number of imidazole rings is 1. The molecule has 49 heavy (non-hydrogen) atoms. The second-order valence-corrected chi connectivity index (χ2v) is 12.3. The van der Waals surface area contributed by atoms with Crippen LogP contribution >= 0.6 is 11.6 Å². The predicted molar refractivity (Wildman–Crippen MR) is 164 cm³/mol. The van der Waals surface area contributed by atoms with Crippen molar-refractivity contribution in [1.29, 1.82) is 0 Å². The van der Waals surface area contributed by atoms with E-state index < -0.39 is 36.3 Å². The number of carbonyl (C=O) groups excluding carboxylic acids is 3.